The number of carbonyl (C=O) groups is 1. The lowest BCUT2D eigenvalue weighted by Gasteiger charge is -2.17. The molecule has 0 heterocycles. The Morgan fingerprint density at radius 1 is 1.08 bits per heavy atom. The molecule has 70 valence electrons. The van der Waals surface area contributed by atoms with E-state index in [1.807, 2.05) is 0 Å². The third kappa shape index (κ3) is 3.74. The van der Waals surface area contributed by atoms with Crippen LogP contribution in [0, 0.1) is 5.92 Å². The molecule has 0 unspecified atom stereocenters. The fourth-order valence-corrected chi connectivity index (χ4v) is 1.88. The van der Waals surface area contributed by atoms with Crippen LogP contribution in [0.15, 0.2) is 0 Å². The maximum absolute atomic E-state index is 9.98. The molecular formula is C10H18O2. The third-order valence-electron chi connectivity index (χ3n) is 2.62. The second kappa shape index (κ2) is 6.04. The average Bonchev–Trinajstić information content (AvgIpc) is 2.02. The zero-order valence-corrected chi connectivity index (χ0v) is 7.63. The molecule has 0 amide bonds. The van der Waals surface area contributed by atoms with E-state index in [2.05, 4.69) is 0 Å². The van der Waals surface area contributed by atoms with E-state index in [0.29, 0.717) is 19.0 Å². The van der Waals surface area contributed by atoms with E-state index in [0.717, 1.165) is 0 Å². The van der Waals surface area contributed by atoms with Gasteiger partial charge in [-0.1, -0.05) is 32.1 Å². The predicted molar refractivity (Wildman–Crippen MR) is 47.8 cm³/mol. The van der Waals surface area contributed by atoms with Gasteiger partial charge in [0.15, 0.2) is 0 Å². The van der Waals surface area contributed by atoms with Crippen molar-refractivity contribution in [2.45, 2.75) is 44.9 Å². The predicted octanol–water partition coefficient (Wildman–Crippen LogP) is 2.52. The molecule has 0 saturated heterocycles. The summed E-state index contributed by atoms with van der Waals surface area (Å²) >= 11 is 0. The van der Waals surface area contributed by atoms with Crippen molar-refractivity contribution >= 4 is 6.47 Å². The van der Waals surface area contributed by atoms with Crippen molar-refractivity contribution in [3.05, 3.63) is 0 Å². The Balaban J connectivity index is 2.15. The quantitative estimate of drug-likeness (QED) is 0.608. The molecule has 12 heavy (non-hydrogen) atoms. The van der Waals surface area contributed by atoms with Crippen LogP contribution in [0.25, 0.3) is 0 Å². The Kier molecular flexibility index (Phi) is 4.81. The van der Waals surface area contributed by atoms with E-state index >= 15 is 0 Å². The molecule has 1 fully saturated rings. The van der Waals surface area contributed by atoms with E-state index in [4.69, 9.17) is 4.74 Å². The minimum Gasteiger partial charge on any atom is -0.468 e. The molecule has 0 aromatic heterocycles. The van der Waals surface area contributed by atoms with Gasteiger partial charge in [0.2, 0.25) is 0 Å². The van der Waals surface area contributed by atoms with Crippen LogP contribution >= 0.6 is 0 Å². The van der Waals surface area contributed by atoms with Crippen LogP contribution in [0.2, 0.25) is 0 Å². The van der Waals surface area contributed by atoms with Gasteiger partial charge < -0.3 is 4.74 Å². The Labute approximate surface area is 74.3 Å². The molecule has 0 aromatic carbocycles. The van der Waals surface area contributed by atoms with Crippen LogP contribution < -0.4 is 0 Å². The van der Waals surface area contributed by atoms with E-state index < -0.39 is 0 Å². The maximum Gasteiger partial charge on any atom is 0.293 e. The summed E-state index contributed by atoms with van der Waals surface area (Å²) in [6.45, 7) is 1.21. The number of hydrogen-bond donors (Lipinski definition) is 0. The summed E-state index contributed by atoms with van der Waals surface area (Å²) < 4.78 is 4.79. The van der Waals surface area contributed by atoms with Crippen LogP contribution in [0.4, 0.5) is 0 Å². The minimum atomic E-state index is 0.568. The normalized spacial score (nSPS) is 21.0. The lowest BCUT2D eigenvalue weighted by atomic mass is 9.92. The molecule has 2 heteroatoms. The molecule has 0 bridgehead atoms. The Bertz CT molecular complexity index is 115. The van der Waals surface area contributed by atoms with Gasteiger partial charge in [-0.2, -0.15) is 0 Å². The van der Waals surface area contributed by atoms with Crippen molar-refractivity contribution in [3.63, 3.8) is 0 Å². The summed E-state index contributed by atoms with van der Waals surface area (Å²) in [6.07, 6.45) is 9.22. The molecule has 1 aliphatic rings. The highest BCUT2D eigenvalue weighted by atomic mass is 16.5. The molecule has 0 aliphatic heterocycles. The van der Waals surface area contributed by atoms with Gasteiger partial charge in [0, 0.05) is 0 Å². The van der Waals surface area contributed by atoms with Crippen LogP contribution in [0.3, 0.4) is 0 Å². The fraction of sp³-hybridized carbons (Fsp3) is 0.900. The second-order valence-electron chi connectivity index (χ2n) is 3.64. The standard InChI is InChI=1S/C10H18O2/c11-9-12-8-10-6-4-2-1-3-5-7-10/h9-10H,1-8H2. The minimum absolute atomic E-state index is 0.568. The van der Waals surface area contributed by atoms with Crippen LogP contribution in [-0.2, 0) is 9.53 Å². The molecule has 0 radical (unpaired) electrons. The first kappa shape index (κ1) is 9.56. The molecule has 1 saturated carbocycles. The van der Waals surface area contributed by atoms with Gasteiger partial charge in [-0.3, -0.25) is 4.79 Å². The highest BCUT2D eigenvalue weighted by Gasteiger charge is 2.11. The number of carbonyl (C=O) groups excluding carboxylic acids is 1. The summed E-state index contributed by atoms with van der Waals surface area (Å²) in [5.74, 6) is 0.635. The molecule has 1 rings (SSSR count). The van der Waals surface area contributed by atoms with Gasteiger partial charge in [-0.05, 0) is 18.8 Å². The average molecular weight is 170 g/mol. The summed E-state index contributed by atoms with van der Waals surface area (Å²) in [5.41, 5.74) is 0. The third-order valence-corrected chi connectivity index (χ3v) is 2.62. The summed E-state index contributed by atoms with van der Waals surface area (Å²) in [6, 6.07) is 0. The zero-order valence-electron chi connectivity index (χ0n) is 7.63. The second-order valence-corrected chi connectivity index (χ2v) is 3.64. The molecule has 0 aromatic rings. The van der Waals surface area contributed by atoms with Gasteiger partial charge in [0.05, 0.1) is 6.61 Å². The Morgan fingerprint density at radius 2 is 1.67 bits per heavy atom. The number of ether oxygens (including phenoxy) is 1. The van der Waals surface area contributed by atoms with Crippen LogP contribution in [0.5, 0.6) is 0 Å². The topological polar surface area (TPSA) is 26.3 Å². The van der Waals surface area contributed by atoms with Crippen LogP contribution in [-0.4, -0.2) is 13.1 Å². The lowest BCUT2D eigenvalue weighted by Crippen LogP contribution is -2.10. The lowest BCUT2D eigenvalue weighted by molar-refractivity contribution is -0.130. The van der Waals surface area contributed by atoms with Crippen molar-refractivity contribution in [3.8, 4) is 0 Å². The van der Waals surface area contributed by atoms with E-state index in [-0.39, 0.29) is 0 Å². The summed E-state index contributed by atoms with van der Waals surface area (Å²) in [4.78, 5) is 9.98. The van der Waals surface area contributed by atoms with E-state index in [9.17, 15) is 4.79 Å². The van der Waals surface area contributed by atoms with Crippen molar-refractivity contribution in [2.75, 3.05) is 6.61 Å². The van der Waals surface area contributed by atoms with Gasteiger partial charge in [0.25, 0.3) is 6.47 Å². The smallest absolute Gasteiger partial charge is 0.293 e. The zero-order chi connectivity index (χ0) is 8.65. The molecule has 0 atom stereocenters. The van der Waals surface area contributed by atoms with E-state index in [1.165, 1.54) is 44.9 Å². The van der Waals surface area contributed by atoms with Crippen molar-refractivity contribution in [2.24, 2.45) is 5.92 Å². The highest BCUT2D eigenvalue weighted by molar-refractivity contribution is 5.36. The SMILES string of the molecule is O=COCC1CCCCCCC1. The van der Waals surface area contributed by atoms with E-state index in [1.54, 1.807) is 0 Å². The number of rotatable bonds is 3. The van der Waals surface area contributed by atoms with Gasteiger partial charge in [-0.25, -0.2) is 0 Å². The fourth-order valence-electron chi connectivity index (χ4n) is 1.88. The Morgan fingerprint density at radius 3 is 2.25 bits per heavy atom. The highest BCUT2D eigenvalue weighted by Crippen LogP contribution is 2.21. The first-order valence-corrected chi connectivity index (χ1v) is 4.98. The Hall–Kier alpha value is -0.530. The van der Waals surface area contributed by atoms with Gasteiger partial charge >= 0.3 is 0 Å². The number of hydrogen-bond acceptors (Lipinski definition) is 2. The van der Waals surface area contributed by atoms with Crippen molar-refractivity contribution < 1.29 is 9.53 Å². The molecule has 0 spiro atoms. The first-order valence-electron chi connectivity index (χ1n) is 4.98. The largest absolute Gasteiger partial charge is 0.468 e. The molecule has 0 N–H and O–H groups in total. The van der Waals surface area contributed by atoms with Gasteiger partial charge in [0.1, 0.15) is 0 Å². The molecule has 1 aliphatic carbocycles. The monoisotopic (exact) mass is 170 g/mol. The first-order chi connectivity index (χ1) is 5.93. The summed E-state index contributed by atoms with van der Waals surface area (Å²) in [5, 5.41) is 0. The summed E-state index contributed by atoms with van der Waals surface area (Å²) in [7, 11) is 0. The van der Waals surface area contributed by atoms with Crippen molar-refractivity contribution in [1.82, 2.24) is 0 Å². The maximum atomic E-state index is 9.98. The van der Waals surface area contributed by atoms with Gasteiger partial charge in [-0.15, -0.1) is 0 Å². The van der Waals surface area contributed by atoms with Crippen molar-refractivity contribution in [1.29, 1.82) is 0 Å². The van der Waals surface area contributed by atoms with Crippen LogP contribution in [0.1, 0.15) is 44.9 Å². The molecular weight excluding hydrogens is 152 g/mol. The molecule has 2 nitrogen and oxygen atoms in total.